The molecule has 22 heavy (non-hydrogen) atoms. The van der Waals surface area contributed by atoms with E-state index in [2.05, 4.69) is 10.3 Å². The van der Waals surface area contributed by atoms with E-state index in [4.69, 9.17) is 0 Å². The Bertz CT molecular complexity index is 801. The highest BCUT2D eigenvalue weighted by Crippen LogP contribution is 2.30. The number of pyridine rings is 1. The van der Waals surface area contributed by atoms with Crippen molar-refractivity contribution in [2.45, 2.75) is 0 Å². The van der Waals surface area contributed by atoms with Gasteiger partial charge in [-0.25, -0.2) is 4.79 Å². The summed E-state index contributed by atoms with van der Waals surface area (Å²) in [6.45, 7) is 0. The van der Waals surface area contributed by atoms with Crippen LogP contribution in [0, 0.1) is 0 Å². The lowest BCUT2D eigenvalue weighted by Gasteiger charge is -2.13. The van der Waals surface area contributed by atoms with Gasteiger partial charge < -0.3 is 10.4 Å². The summed E-state index contributed by atoms with van der Waals surface area (Å²) in [5, 5.41) is 12.4. The minimum absolute atomic E-state index is 0.192. The van der Waals surface area contributed by atoms with Gasteiger partial charge in [-0.2, -0.15) is 0 Å². The molecule has 0 aliphatic rings. The Morgan fingerprint density at radius 1 is 0.909 bits per heavy atom. The zero-order valence-electron chi connectivity index (χ0n) is 11.7. The molecule has 108 valence electrons. The van der Waals surface area contributed by atoms with E-state index in [0.717, 1.165) is 16.8 Å². The van der Waals surface area contributed by atoms with Crippen LogP contribution in [0.2, 0.25) is 0 Å². The standard InChI is InChI=1S/C18H14N2O2/c21-18(22)15-10-11-19-12-17(15)20-16-9-5-4-8-14(16)13-6-2-1-3-7-13/h1-12,20H,(H,21,22). The van der Waals surface area contributed by atoms with Crippen molar-refractivity contribution in [3.63, 3.8) is 0 Å². The molecule has 1 heterocycles. The maximum atomic E-state index is 11.3. The van der Waals surface area contributed by atoms with Gasteiger partial charge in [-0.3, -0.25) is 4.98 Å². The molecule has 2 aromatic carbocycles. The monoisotopic (exact) mass is 290 g/mol. The maximum absolute atomic E-state index is 11.3. The summed E-state index contributed by atoms with van der Waals surface area (Å²) in [6.07, 6.45) is 2.99. The van der Waals surface area contributed by atoms with Crippen molar-refractivity contribution in [1.82, 2.24) is 4.98 Å². The summed E-state index contributed by atoms with van der Waals surface area (Å²) in [6, 6.07) is 19.2. The lowest BCUT2D eigenvalue weighted by molar-refractivity contribution is 0.0698. The zero-order valence-corrected chi connectivity index (χ0v) is 11.7. The average Bonchev–Trinajstić information content (AvgIpc) is 2.56. The van der Waals surface area contributed by atoms with Crippen molar-refractivity contribution in [2.24, 2.45) is 0 Å². The fourth-order valence-electron chi connectivity index (χ4n) is 2.29. The smallest absolute Gasteiger partial charge is 0.337 e. The summed E-state index contributed by atoms with van der Waals surface area (Å²) in [5.74, 6) is -0.984. The van der Waals surface area contributed by atoms with E-state index in [-0.39, 0.29) is 5.56 Å². The Hall–Kier alpha value is -3.14. The molecule has 0 saturated heterocycles. The molecule has 3 rings (SSSR count). The fraction of sp³-hybridized carbons (Fsp3) is 0. The van der Waals surface area contributed by atoms with Gasteiger partial charge in [-0.15, -0.1) is 0 Å². The number of hydrogen-bond donors (Lipinski definition) is 2. The average molecular weight is 290 g/mol. The third-order valence-electron chi connectivity index (χ3n) is 3.33. The largest absolute Gasteiger partial charge is 0.478 e. The van der Waals surface area contributed by atoms with Crippen LogP contribution in [0.1, 0.15) is 10.4 Å². The highest BCUT2D eigenvalue weighted by molar-refractivity contribution is 5.95. The lowest BCUT2D eigenvalue weighted by atomic mass is 10.0. The first kappa shape index (κ1) is 13.8. The van der Waals surface area contributed by atoms with Gasteiger partial charge >= 0.3 is 5.97 Å². The Morgan fingerprint density at radius 2 is 1.64 bits per heavy atom. The molecule has 4 nitrogen and oxygen atoms in total. The van der Waals surface area contributed by atoms with Crippen LogP contribution in [0.4, 0.5) is 11.4 Å². The van der Waals surface area contributed by atoms with Crippen LogP contribution in [-0.2, 0) is 0 Å². The Balaban J connectivity index is 2.03. The Labute approximate surface area is 128 Å². The van der Waals surface area contributed by atoms with Crippen LogP contribution in [-0.4, -0.2) is 16.1 Å². The Kier molecular flexibility index (Phi) is 3.83. The van der Waals surface area contributed by atoms with E-state index in [1.165, 1.54) is 18.5 Å². The van der Waals surface area contributed by atoms with Gasteiger partial charge in [0.25, 0.3) is 0 Å². The van der Waals surface area contributed by atoms with Gasteiger partial charge in [0, 0.05) is 17.4 Å². The SMILES string of the molecule is O=C(O)c1ccncc1Nc1ccccc1-c1ccccc1. The molecule has 2 N–H and O–H groups in total. The lowest BCUT2D eigenvalue weighted by Crippen LogP contribution is -2.03. The second-order valence-electron chi connectivity index (χ2n) is 4.76. The molecular formula is C18H14N2O2. The van der Waals surface area contributed by atoms with Crippen LogP contribution >= 0.6 is 0 Å². The maximum Gasteiger partial charge on any atom is 0.337 e. The number of para-hydroxylation sites is 1. The molecule has 1 aromatic heterocycles. The molecule has 4 heteroatoms. The van der Waals surface area contributed by atoms with Gasteiger partial charge in [-0.05, 0) is 17.7 Å². The van der Waals surface area contributed by atoms with Crippen LogP contribution in [0.25, 0.3) is 11.1 Å². The van der Waals surface area contributed by atoms with Crippen LogP contribution in [0.15, 0.2) is 73.1 Å². The van der Waals surface area contributed by atoms with E-state index in [1.54, 1.807) is 0 Å². The first-order chi connectivity index (χ1) is 10.8. The minimum atomic E-state index is -0.984. The minimum Gasteiger partial charge on any atom is -0.478 e. The molecular weight excluding hydrogens is 276 g/mol. The highest BCUT2D eigenvalue weighted by Gasteiger charge is 2.11. The molecule has 0 saturated carbocycles. The number of nitrogens with zero attached hydrogens (tertiary/aromatic N) is 1. The van der Waals surface area contributed by atoms with Crippen molar-refractivity contribution in [1.29, 1.82) is 0 Å². The topological polar surface area (TPSA) is 62.2 Å². The normalized spacial score (nSPS) is 10.2. The number of aromatic nitrogens is 1. The number of hydrogen-bond acceptors (Lipinski definition) is 3. The van der Waals surface area contributed by atoms with Crippen LogP contribution in [0.3, 0.4) is 0 Å². The predicted octanol–water partition coefficient (Wildman–Crippen LogP) is 4.19. The van der Waals surface area contributed by atoms with Gasteiger partial charge in [0.05, 0.1) is 17.4 Å². The second-order valence-corrected chi connectivity index (χ2v) is 4.76. The number of carbonyl (C=O) groups is 1. The summed E-state index contributed by atoms with van der Waals surface area (Å²) in [7, 11) is 0. The van der Waals surface area contributed by atoms with E-state index in [0.29, 0.717) is 5.69 Å². The summed E-state index contributed by atoms with van der Waals surface area (Å²) < 4.78 is 0. The molecule has 0 aliphatic heterocycles. The summed E-state index contributed by atoms with van der Waals surface area (Å²) >= 11 is 0. The number of nitrogens with one attached hydrogen (secondary N) is 1. The first-order valence-electron chi connectivity index (χ1n) is 6.84. The van der Waals surface area contributed by atoms with E-state index < -0.39 is 5.97 Å². The highest BCUT2D eigenvalue weighted by atomic mass is 16.4. The number of rotatable bonds is 4. The second kappa shape index (κ2) is 6.10. The molecule has 0 bridgehead atoms. The third kappa shape index (κ3) is 2.81. The van der Waals surface area contributed by atoms with E-state index in [9.17, 15) is 9.90 Å². The quantitative estimate of drug-likeness (QED) is 0.756. The number of anilines is 2. The molecule has 0 aliphatic carbocycles. The van der Waals surface area contributed by atoms with Crippen molar-refractivity contribution >= 4 is 17.3 Å². The number of benzene rings is 2. The molecule has 0 amide bonds. The van der Waals surface area contributed by atoms with Crippen LogP contribution < -0.4 is 5.32 Å². The number of carboxylic acids is 1. The number of aromatic carboxylic acids is 1. The van der Waals surface area contributed by atoms with Gasteiger partial charge in [0.1, 0.15) is 0 Å². The summed E-state index contributed by atoms with van der Waals surface area (Å²) in [5.41, 5.74) is 3.56. The fourth-order valence-corrected chi connectivity index (χ4v) is 2.29. The van der Waals surface area contributed by atoms with Crippen molar-refractivity contribution in [3.05, 3.63) is 78.6 Å². The predicted molar refractivity (Wildman–Crippen MR) is 86.4 cm³/mol. The van der Waals surface area contributed by atoms with Gasteiger partial charge in [0.15, 0.2) is 0 Å². The van der Waals surface area contributed by atoms with Gasteiger partial charge in [0.2, 0.25) is 0 Å². The van der Waals surface area contributed by atoms with Crippen molar-refractivity contribution in [3.8, 4) is 11.1 Å². The molecule has 3 aromatic rings. The van der Waals surface area contributed by atoms with Gasteiger partial charge in [-0.1, -0.05) is 48.5 Å². The molecule has 0 fully saturated rings. The summed E-state index contributed by atoms with van der Waals surface area (Å²) in [4.78, 5) is 15.3. The zero-order chi connectivity index (χ0) is 15.4. The molecule has 0 spiro atoms. The van der Waals surface area contributed by atoms with Crippen LogP contribution in [0.5, 0.6) is 0 Å². The van der Waals surface area contributed by atoms with Crippen molar-refractivity contribution < 1.29 is 9.90 Å². The third-order valence-corrected chi connectivity index (χ3v) is 3.33. The Morgan fingerprint density at radius 3 is 2.41 bits per heavy atom. The van der Waals surface area contributed by atoms with E-state index in [1.807, 2.05) is 54.6 Å². The molecule has 0 radical (unpaired) electrons. The molecule has 0 atom stereocenters. The van der Waals surface area contributed by atoms with E-state index >= 15 is 0 Å². The number of carboxylic acid groups (broad SMARTS) is 1. The van der Waals surface area contributed by atoms with Crippen molar-refractivity contribution in [2.75, 3.05) is 5.32 Å². The first-order valence-corrected chi connectivity index (χ1v) is 6.84. The molecule has 0 unspecified atom stereocenters.